The zero-order valence-electron chi connectivity index (χ0n) is 14.1. The summed E-state index contributed by atoms with van der Waals surface area (Å²) in [6.07, 6.45) is 1.81. The summed E-state index contributed by atoms with van der Waals surface area (Å²) in [6.45, 7) is 9.67. The molecule has 1 aromatic heterocycles. The number of halogens is 1. The molecule has 0 unspecified atom stereocenters. The van der Waals surface area contributed by atoms with E-state index >= 15 is 0 Å². The van der Waals surface area contributed by atoms with Crippen molar-refractivity contribution >= 4 is 34.5 Å². The highest BCUT2D eigenvalue weighted by atomic mass is 35.5. The molecule has 0 saturated heterocycles. The van der Waals surface area contributed by atoms with Crippen molar-refractivity contribution in [2.24, 2.45) is 0 Å². The van der Waals surface area contributed by atoms with Gasteiger partial charge in [0.1, 0.15) is 0 Å². The van der Waals surface area contributed by atoms with Gasteiger partial charge in [-0.25, -0.2) is 0 Å². The molecule has 0 aliphatic carbocycles. The minimum atomic E-state index is -0.0207. The highest BCUT2D eigenvalue weighted by Gasteiger charge is 2.14. The first-order chi connectivity index (χ1) is 11.5. The molecule has 5 heteroatoms. The van der Waals surface area contributed by atoms with E-state index in [2.05, 4.69) is 31.8 Å². The summed E-state index contributed by atoms with van der Waals surface area (Å²) in [4.78, 5) is 15.6. The van der Waals surface area contributed by atoms with Gasteiger partial charge in [-0.2, -0.15) is 0 Å². The first kappa shape index (κ1) is 18.7. The Kier molecular flexibility index (Phi) is 7.03. The van der Waals surface area contributed by atoms with Crippen LogP contribution in [0.25, 0.3) is 0 Å². The van der Waals surface area contributed by atoms with E-state index in [1.807, 2.05) is 41.3 Å². The zero-order chi connectivity index (χ0) is 17.5. The van der Waals surface area contributed by atoms with Crippen LogP contribution in [0.4, 0.5) is 5.69 Å². The smallest absolute Gasteiger partial charge is 0.238 e. The highest BCUT2D eigenvalue weighted by Crippen LogP contribution is 2.24. The predicted octanol–water partition coefficient (Wildman–Crippen LogP) is 5.15. The summed E-state index contributed by atoms with van der Waals surface area (Å²) >= 11 is 7.52. The molecule has 3 nitrogen and oxygen atoms in total. The van der Waals surface area contributed by atoms with Crippen molar-refractivity contribution < 1.29 is 4.79 Å². The van der Waals surface area contributed by atoms with Crippen molar-refractivity contribution in [1.82, 2.24) is 4.90 Å². The molecular weight excluding hydrogens is 340 g/mol. The summed E-state index contributed by atoms with van der Waals surface area (Å²) in [5, 5.41) is 3.03. The molecule has 0 radical (unpaired) electrons. The van der Waals surface area contributed by atoms with Gasteiger partial charge in [-0.3, -0.25) is 9.69 Å². The molecule has 0 aliphatic rings. The number of carbonyl (C=O) groups is 1. The van der Waals surface area contributed by atoms with E-state index in [1.54, 1.807) is 0 Å². The standard InChI is InChI=1S/C19H23ClN2OS/c1-4-11-22(12-15-9-10-18(20)24-15)13-19(23)21-17-8-6-5-7-16(17)14(2)3/h4-10,14H,1,11-13H2,2-3H3,(H,21,23). The van der Waals surface area contributed by atoms with E-state index in [0.717, 1.165) is 20.5 Å². The number of anilines is 1. The molecule has 1 N–H and O–H groups in total. The molecule has 1 aromatic carbocycles. The first-order valence-corrected chi connectivity index (χ1v) is 9.15. The lowest BCUT2D eigenvalue weighted by Crippen LogP contribution is -2.33. The molecule has 0 spiro atoms. The minimum absolute atomic E-state index is 0.0207. The van der Waals surface area contributed by atoms with Crippen LogP contribution in [-0.2, 0) is 11.3 Å². The molecule has 2 aromatic rings. The summed E-state index contributed by atoms with van der Waals surface area (Å²) in [5.41, 5.74) is 2.03. The maximum Gasteiger partial charge on any atom is 0.238 e. The average Bonchev–Trinajstić information content (AvgIpc) is 2.92. The van der Waals surface area contributed by atoms with Gasteiger partial charge in [0.05, 0.1) is 10.9 Å². The number of benzene rings is 1. The van der Waals surface area contributed by atoms with Crippen LogP contribution in [0.15, 0.2) is 49.1 Å². The molecule has 0 bridgehead atoms. The Bertz CT molecular complexity index is 696. The van der Waals surface area contributed by atoms with Crippen molar-refractivity contribution in [3.05, 3.63) is 63.8 Å². The van der Waals surface area contributed by atoms with Gasteiger partial charge in [-0.15, -0.1) is 17.9 Å². The lowest BCUT2D eigenvalue weighted by atomic mass is 10.0. The Labute approximate surface area is 152 Å². The van der Waals surface area contributed by atoms with E-state index < -0.39 is 0 Å². The molecule has 2 rings (SSSR count). The van der Waals surface area contributed by atoms with Crippen LogP contribution in [0, 0.1) is 0 Å². The number of hydrogen-bond acceptors (Lipinski definition) is 3. The van der Waals surface area contributed by atoms with Gasteiger partial charge in [-0.1, -0.05) is 49.7 Å². The SMILES string of the molecule is C=CCN(CC(=O)Nc1ccccc1C(C)C)Cc1ccc(Cl)s1. The van der Waals surface area contributed by atoms with Crippen LogP contribution in [0.3, 0.4) is 0 Å². The predicted molar refractivity (Wildman–Crippen MR) is 104 cm³/mol. The van der Waals surface area contributed by atoms with E-state index in [4.69, 9.17) is 11.6 Å². The van der Waals surface area contributed by atoms with E-state index in [0.29, 0.717) is 25.6 Å². The molecule has 128 valence electrons. The maximum absolute atomic E-state index is 12.5. The summed E-state index contributed by atoms with van der Waals surface area (Å²) in [7, 11) is 0. The fourth-order valence-electron chi connectivity index (χ4n) is 2.53. The lowest BCUT2D eigenvalue weighted by molar-refractivity contribution is -0.117. The van der Waals surface area contributed by atoms with Gasteiger partial charge in [-0.05, 0) is 29.7 Å². The maximum atomic E-state index is 12.5. The third-order valence-corrected chi connectivity index (χ3v) is 4.84. The average molecular weight is 363 g/mol. The molecule has 1 amide bonds. The highest BCUT2D eigenvalue weighted by molar-refractivity contribution is 7.16. The van der Waals surface area contributed by atoms with Crippen LogP contribution >= 0.6 is 22.9 Å². The fraction of sp³-hybridized carbons (Fsp3) is 0.316. The second-order valence-electron chi connectivity index (χ2n) is 5.95. The summed E-state index contributed by atoms with van der Waals surface area (Å²) in [5.74, 6) is 0.339. The van der Waals surface area contributed by atoms with Crippen molar-refractivity contribution in [1.29, 1.82) is 0 Å². The number of carbonyl (C=O) groups excluding carboxylic acids is 1. The molecule has 0 saturated carbocycles. The van der Waals surface area contributed by atoms with Gasteiger partial charge in [0.25, 0.3) is 0 Å². The van der Waals surface area contributed by atoms with Crippen LogP contribution in [-0.4, -0.2) is 23.9 Å². The van der Waals surface area contributed by atoms with Gasteiger partial charge < -0.3 is 5.32 Å². The van der Waals surface area contributed by atoms with Crippen molar-refractivity contribution in [3.8, 4) is 0 Å². The largest absolute Gasteiger partial charge is 0.325 e. The quantitative estimate of drug-likeness (QED) is 0.658. The first-order valence-electron chi connectivity index (χ1n) is 7.96. The molecule has 0 atom stereocenters. The lowest BCUT2D eigenvalue weighted by Gasteiger charge is -2.20. The van der Waals surface area contributed by atoms with E-state index in [1.165, 1.54) is 11.3 Å². The number of thiophene rings is 1. The van der Waals surface area contributed by atoms with Crippen molar-refractivity contribution in [3.63, 3.8) is 0 Å². The Morgan fingerprint density at radius 1 is 1.33 bits per heavy atom. The Hall–Kier alpha value is -1.62. The second-order valence-corrected chi connectivity index (χ2v) is 7.75. The Balaban J connectivity index is 2.01. The summed E-state index contributed by atoms with van der Waals surface area (Å²) < 4.78 is 0.763. The van der Waals surface area contributed by atoms with Gasteiger partial charge >= 0.3 is 0 Å². The van der Waals surface area contributed by atoms with Gasteiger partial charge in [0.2, 0.25) is 5.91 Å². The normalized spacial score (nSPS) is 11.0. The topological polar surface area (TPSA) is 32.3 Å². The van der Waals surface area contributed by atoms with Crippen molar-refractivity contribution in [2.75, 3.05) is 18.4 Å². The van der Waals surface area contributed by atoms with E-state index in [-0.39, 0.29) is 5.91 Å². The minimum Gasteiger partial charge on any atom is -0.325 e. The van der Waals surface area contributed by atoms with Crippen molar-refractivity contribution in [2.45, 2.75) is 26.3 Å². The molecular formula is C19H23ClN2OS. The fourth-order valence-corrected chi connectivity index (χ4v) is 3.66. The molecule has 0 aliphatic heterocycles. The third-order valence-electron chi connectivity index (χ3n) is 3.62. The molecule has 1 heterocycles. The van der Waals surface area contributed by atoms with Crippen LogP contribution in [0.1, 0.15) is 30.2 Å². The Morgan fingerprint density at radius 2 is 2.08 bits per heavy atom. The Morgan fingerprint density at radius 3 is 2.71 bits per heavy atom. The number of amides is 1. The number of hydrogen-bond donors (Lipinski definition) is 1. The molecule has 0 fully saturated rings. The van der Waals surface area contributed by atoms with Gasteiger partial charge in [0, 0.05) is 23.7 Å². The number of rotatable bonds is 8. The van der Waals surface area contributed by atoms with Crippen LogP contribution < -0.4 is 5.32 Å². The zero-order valence-corrected chi connectivity index (χ0v) is 15.7. The molecule has 24 heavy (non-hydrogen) atoms. The number of para-hydroxylation sites is 1. The second kappa shape index (κ2) is 9.02. The number of nitrogens with one attached hydrogen (secondary N) is 1. The van der Waals surface area contributed by atoms with Gasteiger partial charge in [0.15, 0.2) is 0 Å². The van der Waals surface area contributed by atoms with E-state index in [9.17, 15) is 4.79 Å². The van der Waals surface area contributed by atoms with Crippen LogP contribution in [0.5, 0.6) is 0 Å². The monoisotopic (exact) mass is 362 g/mol. The third kappa shape index (κ3) is 5.48. The summed E-state index contributed by atoms with van der Waals surface area (Å²) in [6, 6.07) is 11.8. The van der Waals surface area contributed by atoms with Crippen LogP contribution in [0.2, 0.25) is 4.34 Å². The number of nitrogens with zero attached hydrogens (tertiary/aromatic N) is 1.